The molecule has 2 atom stereocenters. The Morgan fingerprint density at radius 2 is 1.84 bits per heavy atom. The summed E-state index contributed by atoms with van der Waals surface area (Å²) in [4.78, 5) is 0. The summed E-state index contributed by atoms with van der Waals surface area (Å²) >= 11 is 12.1. The lowest BCUT2D eigenvalue weighted by Gasteiger charge is -2.36. The van der Waals surface area contributed by atoms with Crippen molar-refractivity contribution in [3.63, 3.8) is 0 Å². The van der Waals surface area contributed by atoms with E-state index in [0.29, 0.717) is 10.0 Å². The summed E-state index contributed by atoms with van der Waals surface area (Å²) in [6, 6.07) is 5.83. The number of benzene rings is 1. The van der Waals surface area contributed by atoms with E-state index < -0.39 is 0 Å². The number of methoxy groups -OCH3 is 1. The fourth-order valence-electron chi connectivity index (χ4n) is 2.32. The van der Waals surface area contributed by atoms with E-state index in [1.165, 1.54) is 0 Å². The highest BCUT2D eigenvalue weighted by atomic mass is 35.5. The third-order valence-corrected chi connectivity index (χ3v) is 3.88. The average molecular weight is 304 g/mol. The molecule has 0 aliphatic heterocycles. The Hall–Kier alpha value is -0.280. The molecule has 0 saturated carbocycles. The van der Waals surface area contributed by atoms with Gasteiger partial charge in [0, 0.05) is 7.11 Å². The van der Waals surface area contributed by atoms with Gasteiger partial charge >= 0.3 is 0 Å². The lowest BCUT2D eigenvalue weighted by atomic mass is 9.82. The van der Waals surface area contributed by atoms with Crippen LogP contribution in [0.15, 0.2) is 18.2 Å². The smallest absolute Gasteiger partial charge is 0.0814 e. The molecule has 4 heteroatoms. The van der Waals surface area contributed by atoms with E-state index in [0.717, 1.165) is 12.1 Å². The van der Waals surface area contributed by atoms with E-state index in [-0.39, 0.29) is 17.6 Å². The molecule has 0 radical (unpaired) electrons. The Balaban J connectivity index is 3.14. The van der Waals surface area contributed by atoms with Crippen LogP contribution >= 0.6 is 23.2 Å². The molecule has 0 aliphatic carbocycles. The average Bonchev–Trinajstić information content (AvgIpc) is 2.31. The summed E-state index contributed by atoms with van der Waals surface area (Å²) in [5.41, 5.74) is 1.12. The molecule has 0 spiro atoms. The van der Waals surface area contributed by atoms with Crippen LogP contribution in [-0.4, -0.2) is 19.8 Å². The monoisotopic (exact) mass is 303 g/mol. The van der Waals surface area contributed by atoms with Crippen molar-refractivity contribution in [3.05, 3.63) is 33.8 Å². The number of ether oxygens (including phenoxy) is 1. The molecule has 1 rings (SSSR count). The zero-order chi connectivity index (χ0) is 14.6. The molecule has 0 aromatic heterocycles. The van der Waals surface area contributed by atoms with Crippen LogP contribution < -0.4 is 5.32 Å². The molecule has 108 valence electrons. The number of rotatable bonds is 5. The second-order valence-electron chi connectivity index (χ2n) is 5.73. The summed E-state index contributed by atoms with van der Waals surface area (Å²) in [6.45, 7) is 9.45. The molecule has 0 aliphatic rings. The summed E-state index contributed by atoms with van der Waals surface area (Å²) < 4.78 is 5.72. The van der Waals surface area contributed by atoms with Crippen LogP contribution in [0.5, 0.6) is 0 Å². The first-order chi connectivity index (χ1) is 8.81. The van der Waals surface area contributed by atoms with E-state index >= 15 is 0 Å². The van der Waals surface area contributed by atoms with Gasteiger partial charge in [0.05, 0.1) is 22.2 Å². The van der Waals surface area contributed by atoms with Crippen molar-refractivity contribution < 1.29 is 4.74 Å². The Bertz CT molecular complexity index is 415. The van der Waals surface area contributed by atoms with E-state index in [2.05, 4.69) is 33.0 Å². The predicted molar refractivity (Wildman–Crippen MR) is 83.1 cm³/mol. The molecule has 1 aromatic rings. The fraction of sp³-hybridized carbons (Fsp3) is 0.600. The minimum Gasteiger partial charge on any atom is -0.379 e. The van der Waals surface area contributed by atoms with Crippen LogP contribution in [0.1, 0.15) is 39.3 Å². The van der Waals surface area contributed by atoms with Gasteiger partial charge < -0.3 is 10.1 Å². The standard InChI is InChI=1S/C15H23Cl2NO/c1-6-18-13(14(19-5)15(2,3)4)10-7-8-11(16)12(17)9-10/h7-9,13-14,18H,6H2,1-5H3. The van der Waals surface area contributed by atoms with E-state index in [1.807, 2.05) is 18.2 Å². The van der Waals surface area contributed by atoms with Gasteiger partial charge in [0.2, 0.25) is 0 Å². The molecule has 1 N–H and O–H groups in total. The fourth-order valence-corrected chi connectivity index (χ4v) is 2.62. The summed E-state index contributed by atoms with van der Waals surface area (Å²) in [7, 11) is 1.75. The zero-order valence-electron chi connectivity index (χ0n) is 12.3. The molecule has 0 saturated heterocycles. The first-order valence-corrected chi connectivity index (χ1v) is 7.28. The highest BCUT2D eigenvalue weighted by Gasteiger charge is 2.33. The second kappa shape index (κ2) is 6.94. The van der Waals surface area contributed by atoms with Gasteiger partial charge in [-0.15, -0.1) is 0 Å². The molecular weight excluding hydrogens is 281 g/mol. The zero-order valence-corrected chi connectivity index (χ0v) is 13.8. The Morgan fingerprint density at radius 1 is 1.21 bits per heavy atom. The highest BCUT2D eigenvalue weighted by molar-refractivity contribution is 6.42. The van der Waals surface area contributed by atoms with Crippen molar-refractivity contribution in [3.8, 4) is 0 Å². The Kier molecular flexibility index (Phi) is 6.13. The Labute approximate surface area is 126 Å². The SMILES string of the molecule is CCNC(c1ccc(Cl)c(Cl)c1)C(OC)C(C)(C)C. The molecular formula is C15H23Cl2NO. The quantitative estimate of drug-likeness (QED) is 0.851. The minimum atomic E-state index is 0.0215. The van der Waals surface area contributed by atoms with Gasteiger partial charge in [-0.2, -0.15) is 0 Å². The van der Waals surface area contributed by atoms with E-state index in [1.54, 1.807) is 7.11 Å². The first-order valence-electron chi connectivity index (χ1n) is 6.52. The minimum absolute atomic E-state index is 0.0215. The van der Waals surface area contributed by atoms with Crippen molar-refractivity contribution in [1.82, 2.24) is 5.32 Å². The second-order valence-corrected chi connectivity index (χ2v) is 6.55. The van der Waals surface area contributed by atoms with Gasteiger partial charge in [-0.1, -0.05) is 57.0 Å². The lowest BCUT2D eigenvalue weighted by molar-refractivity contribution is -0.0115. The molecule has 2 nitrogen and oxygen atoms in total. The van der Waals surface area contributed by atoms with Crippen LogP contribution in [0.4, 0.5) is 0 Å². The van der Waals surface area contributed by atoms with Gasteiger partial charge in [-0.05, 0) is 29.7 Å². The number of hydrogen-bond acceptors (Lipinski definition) is 2. The number of hydrogen-bond donors (Lipinski definition) is 1. The predicted octanol–water partition coefficient (Wildman–Crippen LogP) is 4.71. The van der Waals surface area contributed by atoms with Crippen LogP contribution in [0.3, 0.4) is 0 Å². The maximum Gasteiger partial charge on any atom is 0.0814 e. The maximum atomic E-state index is 6.12. The Morgan fingerprint density at radius 3 is 2.26 bits per heavy atom. The third kappa shape index (κ3) is 4.35. The number of likely N-dealkylation sites (N-methyl/N-ethyl adjacent to an activating group) is 1. The van der Waals surface area contributed by atoms with Crippen molar-refractivity contribution >= 4 is 23.2 Å². The molecule has 0 bridgehead atoms. The van der Waals surface area contributed by atoms with Crippen molar-refractivity contribution in [2.24, 2.45) is 5.41 Å². The van der Waals surface area contributed by atoms with Crippen molar-refractivity contribution in [2.75, 3.05) is 13.7 Å². The first kappa shape index (κ1) is 16.8. The van der Waals surface area contributed by atoms with E-state index in [9.17, 15) is 0 Å². The summed E-state index contributed by atoms with van der Waals surface area (Å²) in [6.07, 6.45) is 0.0460. The molecule has 0 heterocycles. The van der Waals surface area contributed by atoms with Gasteiger partial charge in [0.25, 0.3) is 0 Å². The molecule has 0 fully saturated rings. The molecule has 2 unspecified atom stereocenters. The van der Waals surface area contributed by atoms with E-state index in [4.69, 9.17) is 27.9 Å². The third-order valence-electron chi connectivity index (χ3n) is 3.14. The van der Waals surface area contributed by atoms with Gasteiger partial charge in [-0.3, -0.25) is 0 Å². The van der Waals surface area contributed by atoms with Gasteiger partial charge in [-0.25, -0.2) is 0 Å². The summed E-state index contributed by atoms with van der Waals surface area (Å²) in [5.74, 6) is 0. The van der Waals surface area contributed by atoms with Gasteiger partial charge in [0.15, 0.2) is 0 Å². The van der Waals surface area contributed by atoms with Crippen LogP contribution in [0.25, 0.3) is 0 Å². The van der Waals surface area contributed by atoms with Crippen molar-refractivity contribution in [2.45, 2.75) is 39.8 Å². The van der Waals surface area contributed by atoms with Crippen LogP contribution in [0, 0.1) is 5.41 Å². The highest BCUT2D eigenvalue weighted by Crippen LogP contribution is 2.34. The number of halogens is 2. The van der Waals surface area contributed by atoms with Crippen molar-refractivity contribution in [1.29, 1.82) is 0 Å². The molecule has 19 heavy (non-hydrogen) atoms. The van der Waals surface area contributed by atoms with Crippen LogP contribution in [-0.2, 0) is 4.74 Å². The lowest BCUT2D eigenvalue weighted by Crippen LogP contribution is -2.41. The normalized spacial score (nSPS) is 15.3. The molecule has 0 amide bonds. The topological polar surface area (TPSA) is 21.3 Å². The maximum absolute atomic E-state index is 6.12. The largest absolute Gasteiger partial charge is 0.379 e. The summed E-state index contributed by atoms with van der Waals surface area (Å²) in [5, 5.41) is 4.63. The molecule has 1 aromatic carbocycles. The van der Waals surface area contributed by atoms with Gasteiger partial charge in [0.1, 0.15) is 0 Å². The number of nitrogens with one attached hydrogen (secondary N) is 1. The van der Waals surface area contributed by atoms with Crippen LogP contribution in [0.2, 0.25) is 10.0 Å².